The first-order chi connectivity index (χ1) is 13.2. The third kappa shape index (κ3) is 2.36. The first-order valence-corrected chi connectivity index (χ1v) is 9.33. The second kappa shape index (κ2) is 5.79. The zero-order valence-corrected chi connectivity index (χ0v) is 15.5. The molecule has 0 aromatic carbocycles. The van der Waals surface area contributed by atoms with Crippen molar-refractivity contribution >= 4 is 33.4 Å². The number of imidazole rings is 1. The number of rotatable bonds is 3. The highest BCUT2D eigenvalue weighted by Gasteiger charge is 2.20. The van der Waals surface area contributed by atoms with Gasteiger partial charge in [0.2, 0.25) is 0 Å². The average Bonchev–Trinajstić information content (AvgIpc) is 3.43. The molecular weight excluding hydrogens is 358 g/mol. The van der Waals surface area contributed by atoms with Gasteiger partial charge in [0.1, 0.15) is 17.2 Å². The number of aryl methyl sites for hydroxylation is 1. The quantitative estimate of drug-likeness (QED) is 0.513. The van der Waals surface area contributed by atoms with Gasteiger partial charge in [-0.25, -0.2) is 9.97 Å². The lowest BCUT2D eigenvalue weighted by Crippen LogP contribution is -2.02. The lowest BCUT2D eigenvalue weighted by atomic mass is 10.3. The van der Waals surface area contributed by atoms with Crippen LogP contribution in [-0.2, 0) is 0 Å². The monoisotopic (exact) mass is 373 g/mol. The number of fused-ring (bicyclic) bond motifs is 3. The number of aromatic amines is 1. The fraction of sp³-hybridized carbons (Fsp3) is 0.158. The molecule has 0 bridgehead atoms. The van der Waals surface area contributed by atoms with Gasteiger partial charge < -0.3 is 4.98 Å². The SMILES string of the molecule is Cc1ccc(-c2nc3cnc4[nH]ccc4c3n2-c2cnn(C(C)C#N)c2)s1. The number of thiophene rings is 1. The summed E-state index contributed by atoms with van der Waals surface area (Å²) in [6.07, 6.45) is 7.33. The van der Waals surface area contributed by atoms with Crippen LogP contribution < -0.4 is 0 Å². The van der Waals surface area contributed by atoms with E-state index in [4.69, 9.17) is 4.98 Å². The highest BCUT2D eigenvalue weighted by Crippen LogP contribution is 2.35. The highest BCUT2D eigenvalue weighted by atomic mass is 32.1. The lowest BCUT2D eigenvalue weighted by molar-refractivity contribution is 0.591. The molecule has 0 saturated carbocycles. The number of nitriles is 1. The third-order valence-corrected chi connectivity index (χ3v) is 5.59. The van der Waals surface area contributed by atoms with Crippen LogP contribution in [0, 0.1) is 18.3 Å². The van der Waals surface area contributed by atoms with E-state index in [-0.39, 0.29) is 6.04 Å². The van der Waals surface area contributed by atoms with Crippen LogP contribution in [0.3, 0.4) is 0 Å². The van der Waals surface area contributed by atoms with Crippen molar-refractivity contribution in [2.45, 2.75) is 19.9 Å². The largest absolute Gasteiger partial charge is 0.346 e. The van der Waals surface area contributed by atoms with Gasteiger partial charge in [-0.3, -0.25) is 9.25 Å². The summed E-state index contributed by atoms with van der Waals surface area (Å²) < 4.78 is 3.77. The van der Waals surface area contributed by atoms with Crippen LogP contribution >= 0.6 is 11.3 Å². The average molecular weight is 373 g/mol. The molecule has 5 aromatic heterocycles. The van der Waals surface area contributed by atoms with E-state index in [0.29, 0.717) is 0 Å². The Morgan fingerprint density at radius 3 is 2.93 bits per heavy atom. The molecule has 7 nitrogen and oxygen atoms in total. The van der Waals surface area contributed by atoms with Crippen LogP contribution in [0.15, 0.2) is 43.0 Å². The molecule has 132 valence electrons. The molecule has 0 radical (unpaired) electrons. The van der Waals surface area contributed by atoms with Crippen molar-refractivity contribution in [3.8, 4) is 22.5 Å². The van der Waals surface area contributed by atoms with E-state index in [9.17, 15) is 5.26 Å². The number of hydrogen-bond donors (Lipinski definition) is 1. The zero-order chi connectivity index (χ0) is 18.5. The molecule has 0 aliphatic heterocycles. The van der Waals surface area contributed by atoms with Gasteiger partial charge in [0.25, 0.3) is 0 Å². The predicted molar refractivity (Wildman–Crippen MR) is 105 cm³/mol. The summed E-state index contributed by atoms with van der Waals surface area (Å²) in [5.74, 6) is 0.850. The Morgan fingerprint density at radius 1 is 1.26 bits per heavy atom. The molecular formula is C19H15N7S. The van der Waals surface area contributed by atoms with Crippen molar-refractivity contribution in [2.75, 3.05) is 0 Å². The standard InChI is InChI=1S/C19H15N7S/c1-11(7-20)25-10-13(8-23-25)26-17-14-5-6-21-18(14)22-9-15(17)24-19(26)16-4-3-12(2)27-16/h3-6,8-11H,1-2H3,(H,21,22). The van der Waals surface area contributed by atoms with Gasteiger partial charge in [-0.05, 0) is 32.0 Å². The smallest absolute Gasteiger partial charge is 0.156 e. The Hall–Kier alpha value is -3.44. The van der Waals surface area contributed by atoms with E-state index in [1.54, 1.807) is 28.4 Å². The molecule has 0 fully saturated rings. The molecule has 5 aromatic rings. The fourth-order valence-corrected chi connectivity index (χ4v) is 4.10. The summed E-state index contributed by atoms with van der Waals surface area (Å²) in [5, 5.41) is 14.6. The lowest BCUT2D eigenvalue weighted by Gasteiger charge is -2.06. The van der Waals surface area contributed by atoms with E-state index < -0.39 is 0 Å². The van der Waals surface area contributed by atoms with Crippen molar-refractivity contribution in [1.82, 2.24) is 29.3 Å². The molecule has 0 spiro atoms. The Labute approximate surface area is 158 Å². The van der Waals surface area contributed by atoms with E-state index in [1.807, 2.05) is 25.4 Å². The summed E-state index contributed by atoms with van der Waals surface area (Å²) in [6.45, 7) is 3.90. The summed E-state index contributed by atoms with van der Waals surface area (Å²) >= 11 is 1.70. The van der Waals surface area contributed by atoms with Crippen molar-refractivity contribution in [3.63, 3.8) is 0 Å². The summed E-state index contributed by atoms with van der Waals surface area (Å²) in [4.78, 5) is 14.8. The van der Waals surface area contributed by atoms with Gasteiger partial charge in [0.05, 0.1) is 40.7 Å². The zero-order valence-electron chi connectivity index (χ0n) is 14.7. The number of nitrogens with zero attached hydrogens (tertiary/aromatic N) is 6. The Bertz CT molecular complexity index is 1330. The Kier molecular flexibility index (Phi) is 3.39. The molecule has 1 unspecified atom stereocenters. The van der Waals surface area contributed by atoms with Gasteiger partial charge in [-0.2, -0.15) is 10.4 Å². The van der Waals surface area contributed by atoms with Gasteiger partial charge >= 0.3 is 0 Å². The minimum atomic E-state index is -0.338. The topological polar surface area (TPSA) is 88.1 Å². The number of H-pyrrole nitrogens is 1. The molecule has 1 N–H and O–H groups in total. The summed E-state index contributed by atoms with van der Waals surface area (Å²) in [5.41, 5.74) is 3.49. The van der Waals surface area contributed by atoms with Crippen LogP contribution in [0.1, 0.15) is 17.8 Å². The van der Waals surface area contributed by atoms with Crippen molar-refractivity contribution < 1.29 is 0 Å². The first kappa shape index (κ1) is 15.8. The molecule has 0 aliphatic carbocycles. The number of hydrogen-bond acceptors (Lipinski definition) is 5. The first-order valence-electron chi connectivity index (χ1n) is 8.51. The second-order valence-corrected chi connectivity index (χ2v) is 7.68. The van der Waals surface area contributed by atoms with E-state index in [0.717, 1.165) is 38.5 Å². The fourth-order valence-electron chi connectivity index (χ4n) is 3.26. The maximum Gasteiger partial charge on any atom is 0.156 e. The molecule has 0 aliphatic rings. The van der Waals surface area contributed by atoms with Gasteiger partial charge in [-0.1, -0.05) is 0 Å². The predicted octanol–water partition coefficient (Wildman–Crippen LogP) is 4.22. The van der Waals surface area contributed by atoms with E-state index >= 15 is 0 Å². The van der Waals surface area contributed by atoms with Crippen LogP contribution in [0.2, 0.25) is 0 Å². The van der Waals surface area contributed by atoms with Crippen LogP contribution in [0.4, 0.5) is 0 Å². The minimum absolute atomic E-state index is 0.338. The molecule has 1 atom stereocenters. The van der Waals surface area contributed by atoms with Crippen LogP contribution in [-0.4, -0.2) is 29.3 Å². The van der Waals surface area contributed by atoms with Gasteiger partial charge in [0.15, 0.2) is 5.82 Å². The highest BCUT2D eigenvalue weighted by molar-refractivity contribution is 7.15. The van der Waals surface area contributed by atoms with Crippen LogP contribution in [0.5, 0.6) is 0 Å². The number of aromatic nitrogens is 6. The van der Waals surface area contributed by atoms with Crippen molar-refractivity contribution in [2.24, 2.45) is 0 Å². The number of nitrogens with one attached hydrogen (secondary N) is 1. The summed E-state index contributed by atoms with van der Waals surface area (Å²) in [6, 6.07) is 8.06. The van der Waals surface area contributed by atoms with Gasteiger partial charge in [0, 0.05) is 16.5 Å². The molecule has 5 rings (SSSR count). The number of pyridine rings is 1. The normalized spacial score (nSPS) is 12.6. The van der Waals surface area contributed by atoms with Gasteiger partial charge in [-0.15, -0.1) is 11.3 Å². The second-order valence-electron chi connectivity index (χ2n) is 6.40. The van der Waals surface area contributed by atoms with Crippen molar-refractivity contribution in [1.29, 1.82) is 5.26 Å². The van der Waals surface area contributed by atoms with Crippen LogP contribution in [0.25, 0.3) is 38.5 Å². The van der Waals surface area contributed by atoms with Crippen molar-refractivity contribution in [3.05, 3.63) is 47.9 Å². The van der Waals surface area contributed by atoms with E-state index in [2.05, 4.69) is 44.8 Å². The third-order valence-electron chi connectivity index (χ3n) is 4.59. The molecule has 5 heterocycles. The Morgan fingerprint density at radius 2 is 2.15 bits per heavy atom. The molecule has 0 saturated heterocycles. The summed E-state index contributed by atoms with van der Waals surface area (Å²) in [7, 11) is 0. The Balaban J connectivity index is 1.86. The van der Waals surface area contributed by atoms with E-state index in [1.165, 1.54) is 4.88 Å². The minimum Gasteiger partial charge on any atom is -0.346 e. The maximum atomic E-state index is 9.21. The molecule has 27 heavy (non-hydrogen) atoms. The molecule has 8 heteroatoms. The maximum absolute atomic E-state index is 9.21. The molecule has 0 amide bonds.